The topological polar surface area (TPSA) is 51.8 Å². The Labute approximate surface area is 161 Å². The van der Waals surface area contributed by atoms with E-state index in [2.05, 4.69) is 31.3 Å². The first-order valence-corrected chi connectivity index (χ1v) is 11.0. The van der Waals surface area contributed by atoms with Gasteiger partial charge in [-0.15, -0.1) is 10.2 Å². The minimum absolute atomic E-state index is 0.439. The van der Waals surface area contributed by atoms with Gasteiger partial charge in [-0.1, -0.05) is 0 Å². The van der Waals surface area contributed by atoms with Crippen LogP contribution in [0.3, 0.4) is 0 Å². The van der Waals surface area contributed by atoms with Crippen LogP contribution in [-0.4, -0.2) is 35.8 Å². The molecular weight excluding hydrogens is 336 g/mol. The quantitative estimate of drug-likeness (QED) is 0.813. The van der Waals surface area contributed by atoms with Crippen molar-refractivity contribution >= 4 is 0 Å². The van der Waals surface area contributed by atoms with Crippen molar-refractivity contribution in [1.82, 2.24) is 29.2 Å². The Morgan fingerprint density at radius 2 is 1.78 bits per heavy atom. The highest BCUT2D eigenvalue weighted by Crippen LogP contribution is 2.45. The molecule has 0 bridgehead atoms. The molecule has 1 atom stereocenters. The average Bonchev–Trinajstić information content (AvgIpc) is 3.60. The molecule has 27 heavy (non-hydrogen) atoms. The number of aromatic nitrogens is 5. The molecule has 0 spiro atoms. The van der Waals surface area contributed by atoms with E-state index in [9.17, 15) is 0 Å². The van der Waals surface area contributed by atoms with Crippen LogP contribution in [0.25, 0.3) is 0 Å². The number of fused-ring (bicyclic) bond motifs is 1. The van der Waals surface area contributed by atoms with Crippen molar-refractivity contribution in [3.8, 4) is 0 Å². The van der Waals surface area contributed by atoms with Gasteiger partial charge in [-0.25, -0.2) is 4.98 Å². The largest absolute Gasteiger partial charge is 0.334 e. The summed E-state index contributed by atoms with van der Waals surface area (Å²) in [6, 6.07) is 1.11. The van der Waals surface area contributed by atoms with Crippen LogP contribution in [0.2, 0.25) is 0 Å². The van der Waals surface area contributed by atoms with Gasteiger partial charge < -0.3 is 9.13 Å². The summed E-state index contributed by atoms with van der Waals surface area (Å²) in [7, 11) is 2.24. The maximum atomic E-state index is 5.12. The monoisotopic (exact) mass is 366 g/mol. The van der Waals surface area contributed by atoms with Crippen LogP contribution < -0.4 is 0 Å². The third-order valence-corrected chi connectivity index (χ3v) is 7.06. The summed E-state index contributed by atoms with van der Waals surface area (Å²) >= 11 is 0. The fraction of sp³-hybridized carbons (Fsp3) is 0.762. The summed E-state index contributed by atoms with van der Waals surface area (Å²) in [6.45, 7) is 2.08. The van der Waals surface area contributed by atoms with Gasteiger partial charge in [0.1, 0.15) is 17.5 Å². The molecule has 3 fully saturated rings. The fourth-order valence-electron chi connectivity index (χ4n) is 5.29. The molecule has 2 aromatic rings. The van der Waals surface area contributed by atoms with Crippen molar-refractivity contribution in [2.45, 2.75) is 88.8 Å². The van der Waals surface area contributed by atoms with Gasteiger partial charge in [0, 0.05) is 24.7 Å². The lowest BCUT2D eigenvalue weighted by Crippen LogP contribution is -2.27. The molecule has 2 aromatic heterocycles. The van der Waals surface area contributed by atoms with Crippen molar-refractivity contribution < 1.29 is 0 Å². The predicted molar refractivity (Wildman–Crippen MR) is 103 cm³/mol. The minimum atomic E-state index is 0.439. The summed E-state index contributed by atoms with van der Waals surface area (Å²) in [5.74, 6) is 4.45. The molecule has 6 rings (SSSR count). The van der Waals surface area contributed by atoms with Crippen LogP contribution in [0, 0.1) is 0 Å². The molecular formula is C21H30N6. The Bertz CT molecular complexity index is 856. The number of rotatable bonds is 5. The molecule has 0 radical (unpaired) electrons. The van der Waals surface area contributed by atoms with E-state index in [1.807, 2.05) is 0 Å². The minimum Gasteiger partial charge on any atom is -0.334 e. The highest BCUT2D eigenvalue weighted by molar-refractivity contribution is 5.22. The fourth-order valence-corrected chi connectivity index (χ4v) is 5.29. The predicted octanol–water partition coefficient (Wildman–Crippen LogP) is 3.44. The number of hydrogen-bond donors (Lipinski definition) is 0. The van der Waals surface area contributed by atoms with Crippen molar-refractivity contribution in [1.29, 1.82) is 0 Å². The van der Waals surface area contributed by atoms with Crippen molar-refractivity contribution in [2.24, 2.45) is 7.05 Å². The zero-order valence-corrected chi connectivity index (χ0v) is 16.4. The zero-order chi connectivity index (χ0) is 18.0. The summed E-state index contributed by atoms with van der Waals surface area (Å²) in [5, 5.41) is 9.28. The lowest BCUT2D eigenvalue weighted by atomic mass is 10.0. The average molecular weight is 367 g/mol. The van der Waals surface area contributed by atoms with E-state index in [1.165, 1.54) is 86.6 Å². The molecule has 144 valence electrons. The molecule has 0 N–H and O–H groups in total. The van der Waals surface area contributed by atoms with Crippen LogP contribution >= 0.6 is 0 Å². The first-order valence-electron chi connectivity index (χ1n) is 11.0. The van der Waals surface area contributed by atoms with Crippen LogP contribution in [-0.2, 0) is 26.4 Å². The SMILES string of the molecule is Cn1c([C@@H]2CCCN2Cc2nnc(C3CC3)n2C2CC2)nc2c1CCCC2. The number of imidazole rings is 1. The Hall–Kier alpha value is -1.69. The van der Waals surface area contributed by atoms with Gasteiger partial charge >= 0.3 is 0 Å². The lowest BCUT2D eigenvalue weighted by molar-refractivity contribution is 0.226. The number of nitrogens with zero attached hydrogens (tertiary/aromatic N) is 6. The van der Waals surface area contributed by atoms with Crippen LogP contribution in [0.4, 0.5) is 0 Å². The molecule has 3 aliphatic carbocycles. The van der Waals surface area contributed by atoms with Gasteiger partial charge in [-0.2, -0.15) is 0 Å². The number of likely N-dealkylation sites (tertiary alicyclic amines) is 1. The van der Waals surface area contributed by atoms with Gasteiger partial charge in [-0.05, 0) is 70.8 Å². The normalized spacial score (nSPS) is 25.9. The van der Waals surface area contributed by atoms with Crippen LogP contribution in [0.1, 0.15) is 98.2 Å². The van der Waals surface area contributed by atoms with Gasteiger partial charge in [0.2, 0.25) is 0 Å². The second-order valence-electron chi connectivity index (χ2n) is 9.11. The summed E-state index contributed by atoms with van der Waals surface area (Å²) in [6.07, 6.45) is 12.7. The third-order valence-electron chi connectivity index (χ3n) is 7.06. The molecule has 4 aliphatic rings. The van der Waals surface area contributed by atoms with Gasteiger partial charge in [0.05, 0.1) is 18.3 Å². The first-order chi connectivity index (χ1) is 13.3. The van der Waals surface area contributed by atoms with E-state index in [4.69, 9.17) is 4.98 Å². The number of aryl methyl sites for hydroxylation is 1. The standard InChI is InChI=1S/C21H30N6/c1-25-17-6-3-2-5-16(17)22-21(25)18-7-4-12-26(18)13-19-23-24-20(14-8-9-14)27(19)15-10-11-15/h14-15,18H,2-13H2,1H3/t18-/m0/s1. The Morgan fingerprint density at radius 1 is 0.926 bits per heavy atom. The molecule has 6 heteroatoms. The molecule has 0 amide bonds. The highest BCUT2D eigenvalue weighted by atomic mass is 15.3. The second kappa shape index (κ2) is 6.16. The van der Waals surface area contributed by atoms with Crippen molar-refractivity contribution in [3.05, 3.63) is 28.9 Å². The van der Waals surface area contributed by atoms with E-state index in [1.54, 1.807) is 0 Å². The summed E-state index contributed by atoms with van der Waals surface area (Å²) in [5.41, 5.74) is 2.85. The smallest absolute Gasteiger partial charge is 0.147 e. The highest BCUT2D eigenvalue weighted by Gasteiger charge is 2.38. The Balaban J connectivity index is 1.29. The molecule has 3 heterocycles. The van der Waals surface area contributed by atoms with E-state index in [-0.39, 0.29) is 0 Å². The molecule has 0 unspecified atom stereocenters. The van der Waals surface area contributed by atoms with E-state index in [0.29, 0.717) is 18.0 Å². The second-order valence-corrected chi connectivity index (χ2v) is 9.11. The van der Waals surface area contributed by atoms with Crippen LogP contribution in [0.15, 0.2) is 0 Å². The maximum Gasteiger partial charge on any atom is 0.147 e. The van der Waals surface area contributed by atoms with Gasteiger partial charge in [0.15, 0.2) is 0 Å². The lowest BCUT2D eigenvalue weighted by Gasteiger charge is -2.24. The van der Waals surface area contributed by atoms with E-state index >= 15 is 0 Å². The molecule has 1 saturated heterocycles. The summed E-state index contributed by atoms with van der Waals surface area (Å²) < 4.78 is 4.93. The first kappa shape index (κ1) is 16.3. The van der Waals surface area contributed by atoms with E-state index in [0.717, 1.165) is 19.5 Å². The zero-order valence-electron chi connectivity index (χ0n) is 16.4. The third kappa shape index (κ3) is 2.75. The number of hydrogen-bond acceptors (Lipinski definition) is 4. The maximum absolute atomic E-state index is 5.12. The van der Waals surface area contributed by atoms with Crippen LogP contribution in [0.5, 0.6) is 0 Å². The molecule has 0 aromatic carbocycles. The molecule has 6 nitrogen and oxygen atoms in total. The van der Waals surface area contributed by atoms with Gasteiger partial charge in [-0.3, -0.25) is 4.90 Å². The van der Waals surface area contributed by atoms with Crippen molar-refractivity contribution in [3.63, 3.8) is 0 Å². The summed E-state index contributed by atoms with van der Waals surface area (Å²) in [4.78, 5) is 7.73. The molecule has 2 saturated carbocycles. The van der Waals surface area contributed by atoms with E-state index < -0.39 is 0 Å². The Morgan fingerprint density at radius 3 is 2.56 bits per heavy atom. The van der Waals surface area contributed by atoms with Gasteiger partial charge in [0.25, 0.3) is 0 Å². The Kier molecular flexibility index (Phi) is 3.71. The van der Waals surface area contributed by atoms with Crippen molar-refractivity contribution in [2.75, 3.05) is 6.54 Å². The molecule has 1 aliphatic heterocycles.